The quantitative estimate of drug-likeness (QED) is 0.781. The summed E-state index contributed by atoms with van der Waals surface area (Å²) in [7, 11) is 0. The third-order valence-corrected chi connectivity index (χ3v) is 4.30. The molecule has 0 spiro atoms. The number of hydrogen-bond donors (Lipinski definition) is 1. The predicted molar refractivity (Wildman–Crippen MR) is 80.1 cm³/mol. The van der Waals surface area contributed by atoms with Gasteiger partial charge in [0, 0.05) is 42.5 Å². The molecule has 0 unspecified atom stereocenters. The van der Waals surface area contributed by atoms with Gasteiger partial charge in [0.25, 0.3) is 0 Å². The number of aromatic amines is 1. The molecule has 108 valence electrons. The predicted octanol–water partition coefficient (Wildman–Crippen LogP) is 2.58. The Balaban J connectivity index is 1.31. The molecule has 3 heterocycles. The van der Waals surface area contributed by atoms with Gasteiger partial charge in [0.1, 0.15) is 0 Å². The molecule has 0 radical (unpaired) electrons. The summed E-state index contributed by atoms with van der Waals surface area (Å²) in [5.74, 6) is 1.47. The van der Waals surface area contributed by atoms with Crippen LogP contribution in [0.4, 0.5) is 0 Å². The summed E-state index contributed by atoms with van der Waals surface area (Å²) >= 11 is 0. The second-order valence-corrected chi connectivity index (χ2v) is 5.70. The van der Waals surface area contributed by atoms with E-state index in [1.165, 1.54) is 22.9 Å². The standard InChI is InChI=1S/C16H18N4O/c1-2-5-15-13(4-1)14(8-17-15)12-9-20(10-12)7-3-6-16-18-11-21-19-16/h1-2,4-5,8,11-12,17H,3,6-7,9-10H2. The second-order valence-electron chi connectivity index (χ2n) is 5.70. The van der Waals surface area contributed by atoms with Gasteiger partial charge in [-0.25, -0.2) is 0 Å². The number of aromatic nitrogens is 3. The van der Waals surface area contributed by atoms with E-state index in [2.05, 4.69) is 50.5 Å². The van der Waals surface area contributed by atoms with Crippen LogP contribution in [0.1, 0.15) is 23.7 Å². The maximum atomic E-state index is 4.74. The Morgan fingerprint density at radius 2 is 2.19 bits per heavy atom. The molecule has 0 bridgehead atoms. The van der Waals surface area contributed by atoms with E-state index in [1.54, 1.807) is 0 Å². The van der Waals surface area contributed by atoms with Crippen molar-refractivity contribution in [3.63, 3.8) is 0 Å². The summed E-state index contributed by atoms with van der Waals surface area (Å²) < 4.78 is 4.74. The number of nitrogens with zero attached hydrogens (tertiary/aromatic N) is 3. The maximum absolute atomic E-state index is 4.74. The van der Waals surface area contributed by atoms with Crippen LogP contribution in [0.25, 0.3) is 10.9 Å². The molecule has 0 aliphatic carbocycles. The van der Waals surface area contributed by atoms with Crippen LogP contribution in [0.5, 0.6) is 0 Å². The van der Waals surface area contributed by atoms with Gasteiger partial charge < -0.3 is 14.4 Å². The zero-order valence-corrected chi connectivity index (χ0v) is 11.8. The van der Waals surface area contributed by atoms with Gasteiger partial charge >= 0.3 is 0 Å². The van der Waals surface area contributed by atoms with E-state index in [1.807, 2.05) is 0 Å². The summed E-state index contributed by atoms with van der Waals surface area (Å²) in [6.45, 7) is 3.40. The minimum Gasteiger partial charge on any atom is -0.361 e. The van der Waals surface area contributed by atoms with E-state index in [4.69, 9.17) is 4.52 Å². The highest BCUT2D eigenvalue weighted by atomic mass is 16.5. The number of likely N-dealkylation sites (tertiary alicyclic amines) is 1. The van der Waals surface area contributed by atoms with E-state index >= 15 is 0 Å². The lowest BCUT2D eigenvalue weighted by Crippen LogP contribution is -2.45. The number of para-hydroxylation sites is 1. The first-order valence-electron chi connectivity index (χ1n) is 7.44. The Morgan fingerprint density at radius 1 is 1.29 bits per heavy atom. The fourth-order valence-corrected chi connectivity index (χ4v) is 3.14. The minimum absolute atomic E-state index is 0.659. The first-order valence-corrected chi connectivity index (χ1v) is 7.44. The third kappa shape index (κ3) is 2.45. The molecule has 21 heavy (non-hydrogen) atoms. The highest BCUT2D eigenvalue weighted by molar-refractivity contribution is 5.83. The van der Waals surface area contributed by atoms with Crippen LogP contribution >= 0.6 is 0 Å². The lowest BCUT2D eigenvalue weighted by molar-refractivity contribution is 0.147. The van der Waals surface area contributed by atoms with Gasteiger partial charge in [-0.3, -0.25) is 0 Å². The van der Waals surface area contributed by atoms with Gasteiger partial charge in [-0.2, -0.15) is 4.98 Å². The number of benzene rings is 1. The average molecular weight is 282 g/mol. The maximum Gasteiger partial charge on any atom is 0.213 e. The molecule has 1 fully saturated rings. The van der Waals surface area contributed by atoms with Crippen molar-refractivity contribution < 1.29 is 4.52 Å². The van der Waals surface area contributed by atoms with Crippen LogP contribution in [0, 0.1) is 0 Å². The lowest BCUT2D eigenvalue weighted by atomic mass is 9.91. The molecule has 5 nitrogen and oxygen atoms in total. The van der Waals surface area contributed by atoms with Crippen molar-refractivity contribution in [2.45, 2.75) is 18.8 Å². The number of aryl methyl sites for hydroxylation is 1. The molecule has 0 amide bonds. The van der Waals surface area contributed by atoms with E-state index in [0.717, 1.165) is 38.3 Å². The van der Waals surface area contributed by atoms with Crippen LogP contribution in [0.3, 0.4) is 0 Å². The lowest BCUT2D eigenvalue weighted by Gasteiger charge is -2.39. The van der Waals surface area contributed by atoms with Crippen molar-refractivity contribution >= 4 is 10.9 Å². The van der Waals surface area contributed by atoms with Gasteiger partial charge in [-0.15, -0.1) is 0 Å². The molecular weight excluding hydrogens is 264 g/mol. The Labute approximate surface area is 123 Å². The highest BCUT2D eigenvalue weighted by Gasteiger charge is 2.29. The first kappa shape index (κ1) is 12.6. The number of hydrogen-bond acceptors (Lipinski definition) is 4. The van der Waals surface area contributed by atoms with E-state index < -0.39 is 0 Å². The van der Waals surface area contributed by atoms with E-state index in [0.29, 0.717) is 5.92 Å². The van der Waals surface area contributed by atoms with Crippen LogP contribution in [-0.4, -0.2) is 39.7 Å². The third-order valence-electron chi connectivity index (χ3n) is 4.30. The molecular formula is C16H18N4O. The molecule has 1 N–H and O–H groups in total. The number of rotatable bonds is 5. The molecule has 3 aromatic rings. The van der Waals surface area contributed by atoms with Crippen LogP contribution in [-0.2, 0) is 6.42 Å². The second kappa shape index (κ2) is 5.33. The SMILES string of the molecule is c1ccc2c(C3CN(CCCc4ncon4)C3)c[nH]c2c1. The largest absolute Gasteiger partial charge is 0.361 e. The number of nitrogens with one attached hydrogen (secondary N) is 1. The van der Waals surface area contributed by atoms with Crippen LogP contribution < -0.4 is 0 Å². The first-order chi connectivity index (χ1) is 10.4. The normalized spacial score (nSPS) is 16.4. The molecule has 1 aliphatic rings. The summed E-state index contributed by atoms with van der Waals surface area (Å²) in [5, 5.41) is 5.21. The molecule has 1 aliphatic heterocycles. The summed E-state index contributed by atoms with van der Waals surface area (Å²) in [4.78, 5) is 9.91. The zero-order chi connectivity index (χ0) is 14.1. The smallest absolute Gasteiger partial charge is 0.213 e. The van der Waals surface area contributed by atoms with Crippen molar-refractivity contribution in [3.05, 3.63) is 48.2 Å². The van der Waals surface area contributed by atoms with Gasteiger partial charge in [0.2, 0.25) is 6.39 Å². The topological polar surface area (TPSA) is 58.0 Å². The van der Waals surface area contributed by atoms with Crippen molar-refractivity contribution in [2.75, 3.05) is 19.6 Å². The van der Waals surface area contributed by atoms with E-state index in [-0.39, 0.29) is 0 Å². The van der Waals surface area contributed by atoms with Gasteiger partial charge in [0.15, 0.2) is 5.82 Å². The van der Waals surface area contributed by atoms with Crippen molar-refractivity contribution in [1.29, 1.82) is 0 Å². The average Bonchev–Trinajstić information content (AvgIpc) is 3.11. The number of H-pyrrole nitrogens is 1. The molecule has 1 aromatic carbocycles. The molecule has 4 rings (SSSR count). The van der Waals surface area contributed by atoms with Crippen LogP contribution in [0.15, 0.2) is 41.4 Å². The van der Waals surface area contributed by atoms with Crippen molar-refractivity contribution in [3.8, 4) is 0 Å². The fourth-order valence-electron chi connectivity index (χ4n) is 3.14. The molecule has 2 aromatic heterocycles. The summed E-state index contributed by atoms with van der Waals surface area (Å²) in [6.07, 6.45) is 5.54. The fraction of sp³-hybridized carbons (Fsp3) is 0.375. The zero-order valence-electron chi connectivity index (χ0n) is 11.8. The molecule has 0 saturated carbocycles. The van der Waals surface area contributed by atoms with Crippen LogP contribution in [0.2, 0.25) is 0 Å². The van der Waals surface area contributed by atoms with Crippen molar-refractivity contribution in [2.24, 2.45) is 0 Å². The molecule has 1 saturated heterocycles. The summed E-state index contributed by atoms with van der Waals surface area (Å²) in [5.41, 5.74) is 2.70. The summed E-state index contributed by atoms with van der Waals surface area (Å²) in [6, 6.07) is 8.54. The Hall–Kier alpha value is -2.14. The Kier molecular flexibility index (Phi) is 3.20. The Morgan fingerprint density at radius 3 is 3.05 bits per heavy atom. The Bertz CT molecular complexity index is 713. The highest BCUT2D eigenvalue weighted by Crippen LogP contribution is 2.32. The van der Waals surface area contributed by atoms with Gasteiger partial charge in [-0.05, 0) is 24.6 Å². The van der Waals surface area contributed by atoms with Crippen molar-refractivity contribution in [1.82, 2.24) is 20.0 Å². The number of fused-ring (bicyclic) bond motifs is 1. The monoisotopic (exact) mass is 282 g/mol. The van der Waals surface area contributed by atoms with E-state index in [9.17, 15) is 0 Å². The molecule has 5 heteroatoms. The minimum atomic E-state index is 0.659. The molecule has 0 atom stereocenters. The van der Waals surface area contributed by atoms with Gasteiger partial charge in [-0.1, -0.05) is 23.4 Å². The van der Waals surface area contributed by atoms with Gasteiger partial charge in [0.05, 0.1) is 0 Å².